The highest BCUT2D eigenvalue weighted by Crippen LogP contribution is 2.34. The van der Waals surface area contributed by atoms with Crippen molar-refractivity contribution in [3.05, 3.63) is 60.4 Å². The predicted molar refractivity (Wildman–Crippen MR) is 97.8 cm³/mol. The zero-order chi connectivity index (χ0) is 15.9. The number of thioether (sulfide) groups is 2. The lowest BCUT2D eigenvalue weighted by Gasteiger charge is -2.20. The molecule has 1 amide bonds. The highest BCUT2D eigenvalue weighted by molar-refractivity contribution is 8.00. The molecule has 0 radical (unpaired) electrons. The van der Waals surface area contributed by atoms with Crippen molar-refractivity contribution in [3.8, 4) is 0 Å². The van der Waals surface area contributed by atoms with Crippen LogP contribution in [0.15, 0.2) is 59.8 Å². The number of hydrogen-bond acceptors (Lipinski definition) is 4. The van der Waals surface area contributed by atoms with E-state index < -0.39 is 0 Å². The molecule has 2 aromatic rings. The van der Waals surface area contributed by atoms with E-state index in [-0.39, 0.29) is 5.91 Å². The zero-order valence-corrected chi connectivity index (χ0v) is 14.6. The van der Waals surface area contributed by atoms with Crippen LogP contribution in [-0.2, 0) is 4.79 Å². The molecule has 2 heterocycles. The summed E-state index contributed by atoms with van der Waals surface area (Å²) < 4.78 is 0. The molecule has 1 aromatic carbocycles. The second kappa shape index (κ2) is 8.41. The van der Waals surface area contributed by atoms with Crippen LogP contribution in [0.1, 0.15) is 17.2 Å². The van der Waals surface area contributed by atoms with E-state index in [0.717, 1.165) is 30.2 Å². The van der Waals surface area contributed by atoms with Crippen LogP contribution in [0, 0.1) is 0 Å². The van der Waals surface area contributed by atoms with Crippen LogP contribution in [0.3, 0.4) is 0 Å². The van der Waals surface area contributed by atoms with E-state index in [9.17, 15) is 4.79 Å². The van der Waals surface area contributed by atoms with E-state index in [4.69, 9.17) is 0 Å². The number of carbonyl (C=O) groups excluding carboxylic acids is 1. The average molecular weight is 345 g/mol. The first-order valence-electron chi connectivity index (χ1n) is 7.80. The van der Waals surface area contributed by atoms with Gasteiger partial charge in [-0.1, -0.05) is 30.3 Å². The Balaban J connectivity index is 1.52. The second-order valence-electron chi connectivity index (χ2n) is 5.41. The number of carbonyl (C=O) groups is 1. The molecule has 1 aromatic heterocycles. The van der Waals surface area contributed by atoms with Gasteiger partial charge in [0.25, 0.3) is 0 Å². The summed E-state index contributed by atoms with van der Waals surface area (Å²) in [6, 6.07) is 14.5. The molecule has 5 heteroatoms. The summed E-state index contributed by atoms with van der Waals surface area (Å²) in [5.74, 6) is 1.75. The number of aromatic nitrogens is 1. The Kier molecular flexibility index (Phi) is 6.00. The molecule has 1 aliphatic rings. The van der Waals surface area contributed by atoms with Gasteiger partial charge < -0.3 is 4.90 Å². The second-order valence-corrected chi connectivity index (χ2v) is 7.77. The van der Waals surface area contributed by atoms with Crippen molar-refractivity contribution in [3.63, 3.8) is 0 Å². The quantitative estimate of drug-likeness (QED) is 0.788. The molecule has 1 unspecified atom stereocenters. The van der Waals surface area contributed by atoms with Crippen LogP contribution in [0.2, 0.25) is 0 Å². The highest BCUT2D eigenvalue weighted by atomic mass is 32.2. The van der Waals surface area contributed by atoms with E-state index in [0.29, 0.717) is 11.0 Å². The van der Waals surface area contributed by atoms with Crippen LogP contribution in [0.25, 0.3) is 0 Å². The summed E-state index contributed by atoms with van der Waals surface area (Å²) in [6.07, 6.45) is 4.56. The topological polar surface area (TPSA) is 33.2 Å². The summed E-state index contributed by atoms with van der Waals surface area (Å²) in [5, 5.41) is 0.502. The van der Waals surface area contributed by atoms with Crippen molar-refractivity contribution < 1.29 is 4.79 Å². The van der Waals surface area contributed by atoms with Gasteiger partial charge in [0, 0.05) is 41.4 Å². The average Bonchev–Trinajstić information content (AvgIpc) is 2.87. The van der Waals surface area contributed by atoms with Crippen LogP contribution >= 0.6 is 23.5 Å². The summed E-state index contributed by atoms with van der Waals surface area (Å²) in [7, 11) is 0. The maximum absolute atomic E-state index is 12.4. The lowest BCUT2D eigenvalue weighted by Crippen LogP contribution is -2.34. The standard InChI is InChI=1S/C18H20N2OS2/c21-18(14-23-16-6-9-19-10-7-16)20-11-8-17(22-13-12-20)15-4-2-1-3-5-15/h1-7,9-10,17H,8,11-14H2. The van der Waals surface area contributed by atoms with Crippen LogP contribution < -0.4 is 0 Å². The molecule has 1 fully saturated rings. The van der Waals surface area contributed by atoms with Crippen molar-refractivity contribution in [2.75, 3.05) is 24.6 Å². The molecule has 3 nitrogen and oxygen atoms in total. The number of pyridine rings is 1. The van der Waals surface area contributed by atoms with Gasteiger partial charge in [-0.05, 0) is 24.1 Å². The zero-order valence-electron chi connectivity index (χ0n) is 12.9. The largest absolute Gasteiger partial charge is 0.341 e. The molecule has 0 N–H and O–H groups in total. The van der Waals surface area contributed by atoms with Crippen molar-refractivity contribution in [1.82, 2.24) is 9.88 Å². The third-order valence-electron chi connectivity index (χ3n) is 3.88. The van der Waals surface area contributed by atoms with Crippen molar-refractivity contribution in [1.29, 1.82) is 0 Å². The van der Waals surface area contributed by atoms with Crippen LogP contribution in [0.5, 0.6) is 0 Å². The van der Waals surface area contributed by atoms with E-state index in [1.807, 2.05) is 28.8 Å². The SMILES string of the molecule is O=C(CSc1ccncc1)N1CCSC(c2ccccc2)CC1. The molecule has 0 spiro atoms. The van der Waals surface area contributed by atoms with Gasteiger partial charge in [0.05, 0.1) is 5.75 Å². The molecule has 0 aliphatic carbocycles. The Labute approximate surface area is 145 Å². The molecule has 0 saturated carbocycles. The molecular weight excluding hydrogens is 324 g/mol. The first kappa shape index (κ1) is 16.4. The van der Waals surface area contributed by atoms with Gasteiger partial charge in [-0.2, -0.15) is 11.8 Å². The van der Waals surface area contributed by atoms with Gasteiger partial charge in [-0.15, -0.1) is 11.8 Å². The molecule has 3 rings (SSSR count). The number of amides is 1. The normalized spacial score (nSPS) is 18.4. The number of rotatable bonds is 4. The van der Waals surface area contributed by atoms with Crippen LogP contribution in [0.4, 0.5) is 0 Å². The van der Waals surface area contributed by atoms with Crippen molar-refractivity contribution >= 4 is 29.4 Å². The Bertz CT molecular complexity index is 621. The van der Waals surface area contributed by atoms with E-state index in [1.165, 1.54) is 5.56 Å². The minimum atomic E-state index is 0.237. The maximum Gasteiger partial charge on any atom is 0.232 e. The van der Waals surface area contributed by atoms with Gasteiger partial charge in [0.2, 0.25) is 5.91 Å². The summed E-state index contributed by atoms with van der Waals surface area (Å²) >= 11 is 3.55. The van der Waals surface area contributed by atoms with Gasteiger partial charge in [-0.3, -0.25) is 9.78 Å². The third kappa shape index (κ3) is 4.75. The van der Waals surface area contributed by atoms with Gasteiger partial charge >= 0.3 is 0 Å². The minimum absolute atomic E-state index is 0.237. The highest BCUT2D eigenvalue weighted by Gasteiger charge is 2.21. The molecule has 0 bridgehead atoms. The Hall–Kier alpha value is -1.46. The summed E-state index contributed by atoms with van der Waals surface area (Å²) in [4.78, 5) is 19.6. The fourth-order valence-electron chi connectivity index (χ4n) is 2.62. The Morgan fingerprint density at radius 3 is 2.74 bits per heavy atom. The molecule has 23 heavy (non-hydrogen) atoms. The predicted octanol–water partition coefficient (Wildman–Crippen LogP) is 3.88. The number of benzene rings is 1. The van der Waals surface area contributed by atoms with Gasteiger partial charge in [0.15, 0.2) is 0 Å². The fraction of sp³-hybridized carbons (Fsp3) is 0.333. The molecule has 1 saturated heterocycles. The monoisotopic (exact) mass is 344 g/mol. The van der Waals surface area contributed by atoms with Crippen molar-refractivity contribution in [2.24, 2.45) is 0 Å². The summed E-state index contributed by atoms with van der Waals surface area (Å²) in [6.45, 7) is 1.70. The Morgan fingerprint density at radius 1 is 1.17 bits per heavy atom. The minimum Gasteiger partial charge on any atom is -0.341 e. The molecule has 1 atom stereocenters. The van der Waals surface area contributed by atoms with Gasteiger partial charge in [-0.25, -0.2) is 0 Å². The number of hydrogen-bond donors (Lipinski definition) is 0. The first-order chi connectivity index (χ1) is 11.3. The van der Waals surface area contributed by atoms with Crippen LogP contribution in [-0.4, -0.2) is 40.4 Å². The first-order valence-corrected chi connectivity index (χ1v) is 9.83. The Morgan fingerprint density at radius 2 is 1.96 bits per heavy atom. The third-order valence-corrected chi connectivity index (χ3v) is 6.20. The van der Waals surface area contributed by atoms with E-state index in [2.05, 4.69) is 35.3 Å². The lowest BCUT2D eigenvalue weighted by atomic mass is 10.1. The molecular formula is C18H20N2OS2. The molecule has 1 aliphatic heterocycles. The fourth-order valence-corrected chi connectivity index (χ4v) is 4.64. The molecule has 120 valence electrons. The smallest absolute Gasteiger partial charge is 0.232 e. The van der Waals surface area contributed by atoms with Gasteiger partial charge in [0.1, 0.15) is 0 Å². The number of nitrogens with zero attached hydrogens (tertiary/aromatic N) is 2. The summed E-state index contributed by atoms with van der Waals surface area (Å²) in [5.41, 5.74) is 1.37. The van der Waals surface area contributed by atoms with E-state index >= 15 is 0 Å². The van der Waals surface area contributed by atoms with Crippen molar-refractivity contribution in [2.45, 2.75) is 16.6 Å². The van der Waals surface area contributed by atoms with E-state index in [1.54, 1.807) is 24.2 Å². The lowest BCUT2D eigenvalue weighted by molar-refractivity contribution is -0.128. The maximum atomic E-state index is 12.4.